The van der Waals surface area contributed by atoms with Crippen LogP contribution in [0.25, 0.3) is 0 Å². The van der Waals surface area contributed by atoms with Crippen LogP contribution in [0.4, 0.5) is 17.1 Å². The molecule has 3 saturated heterocycles. The van der Waals surface area contributed by atoms with Crippen LogP contribution in [0.5, 0.6) is 0 Å². The molecule has 242 valence electrons. The first kappa shape index (κ1) is 31.8. The minimum atomic E-state index is -1.24. The van der Waals surface area contributed by atoms with Crippen molar-refractivity contribution < 1.29 is 24.2 Å². The number of ether oxygens (including phenoxy) is 1. The molecule has 9 nitrogen and oxygen atoms in total. The lowest BCUT2D eigenvalue weighted by Gasteiger charge is -2.37. The molecule has 3 aliphatic heterocycles. The summed E-state index contributed by atoms with van der Waals surface area (Å²) in [6, 6.07) is 24.7. The first-order valence-electron chi connectivity index (χ1n) is 16.4. The number of rotatable bonds is 11. The highest BCUT2D eigenvalue weighted by atomic mass is 16.5. The lowest BCUT2D eigenvalue weighted by molar-refractivity contribution is -0.147. The number of benzene rings is 3. The van der Waals surface area contributed by atoms with Crippen LogP contribution in [0.1, 0.15) is 39.7 Å². The summed E-state index contributed by atoms with van der Waals surface area (Å²) in [6.07, 6.45) is 0.788. The van der Waals surface area contributed by atoms with Crippen molar-refractivity contribution in [3.05, 3.63) is 90.5 Å². The average Bonchev–Trinajstić information content (AvgIpc) is 3.58. The van der Waals surface area contributed by atoms with Crippen molar-refractivity contribution in [3.63, 3.8) is 0 Å². The quantitative estimate of drug-likeness (QED) is 0.285. The third-order valence-corrected chi connectivity index (χ3v) is 10.5. The van der Waals surface area contributed by atoms with Gasteiger partial charge in [-0.05, 0) is 81.5 Å². The number of aliphatic hydroxyl groups is 1. The number of anilines is 3. The van der Waals surface area contributed by atoms with E-state index >= 15 is 0 Å². The molecule has 3 heterocycles. The topological polar surface area (TPSA) is 111 Å². The molecule has 9 heteroatoms. The highest BCUT2D eigenvalue weighted by molar-refractivity contribution is 6.05. The number of hydrogen-bond acceptors (Lipinski definition) is 6. The maximum atomic E-state index is 14.7. The number of likely N-dealkylation sites (tertiary alicyclic amines) is 1. The molecule has 46 heavy (non-hydrogen) atoms. The van der Waals surface area contributed by atoms with Gasteiger partial charge in [0, 0.05) is 30.2 Å². The summed E-state index contributed by atoms with van der Waals surface area (Å²) >= 11 is 0. The Morgan fingerprint density at radius 2 is 1.52 bits per heavy atom. The molecule has 3 N–H and O–H groups in total. The highest BCUT2D eigenvalue weighted by Gasteiger charge is 2.80. The molecule has 2 bridgehead atoms. The molecule has 3 aromatic carbocycles. The molecule has 0 saturated carbocycles. The number of carbonyl (C=O) groups excluding carboxylic acids is 3. The van der Waals surface area contributed by atoms with Crippen LogP contribution in [-0.2, 0) is 25.5 Å². The zero-order valence-corrected chi connectivity index (χ0v) is 27.0. The molecule has 3 fully saturated rings. The van der Waals surface area contributed by atoms with Gasteiger partial charge in [0.25, 0.3) is 0 Å². The Kier molecular flexibility index (Phi) is 8.65. The molecule has 3 unspecified atom stereocenters. The predicted molar refractivity (Wildman–Crippen MR) is 178 cm³/mol. The third kappa shape index (κ3) is 5.25. The van der Waals surface area contributed by atoms with Crippen molar-refractivity contribution in [1.29, 1.82) is 0 Å². The Hall–Kier alpha value is -4.21. The zero-order chi connectivity index (χ0) is 32.6. The summed E-state index contributed by atoms with van der Waals surface area (Å²) < 4.78 is 6.88. The summed E-state index contributed by atoms with van der Waals surface area (Å²) in [5.74, 6) is -2.85. The number of carbonyl (C=O) groups is 3. The minimum absolute atomic E-state index is 0.103. The fraction of sp³-hybridized carbons (Fsp3) is 0.432. The van der Waals surface area contributed by atoms with E-state index in [1.165, 1.54) is 4.90 Å². The standard InChI is InChI=1S/C37H44N4O5/c1-5-40(6-2)28-19-17-27(18-20-28)39-34(44)32-37-22-24(3)36(4,46-37)30(33(43)38-26-15-11-8-12-16-26)31(37)35(45)41(32)29(23-42)21-25-13-9-7-10-14-25/h7-20,24,29-32,42H,5-6,21-23H2,1-4H3,(H,38,43)(H,39,44)/t24?,29-,30-,31+,32?,36+,37?/m1/s1. The molecule has 3 amide bonds. The first-order valence-corrected chi connectivity index (χ1v) is 16.4. The number of nitrogens with one attached hydrogen (secondary N) is 2. The average molecular weight is 625 g/mol. The Bertz CT molecular complexity index is 1560. The third-order valence-electron chi connectivity index (χ3n) is 10.5. The Morgan fingerprint density at radius 3 is 2.13 bits per heavy atom. The van der Waals surface area contributed by atoms with Crippen molar-refractivity contribution >= 4 is 34.8 Å². The van der Waals surface area contributed by atoms with Crippen LogP contribution in [0.2, 0.25) is 0 Å². The van der Waals surface area contributed by atoms with Crippen molar-refractivity contribution in [2.75, 3.05) is 35.2 Å². The molecule has 0 aliphatic carbocycles. The van der Waals surface area contributed by atoms with Crippen LogP contribution in [0.3, 0.4) is 0 Å². The van der Waals surface area contributed by atoms with Crippen LogP contribution < -0.4 is 15.5 Å². The number of para-hydroxylation sites is 1. The van der Waals surface area contributed by atoms with Crippen molar-refractivity contribution in [1.82, 2.24) is 4.90 Å². The molecule has 1 spiro atoms. The van der Waals surface area contributed by atoms with E-state index in [2.05, 4.69) is 29.4 Å². The summed E-state index contributed by atoms with van der Waals surface area (Å²) in [5, 5.41) is 16.8. The Balaban J connectivity index is 1.38. The Labute approximate surface area is 270 Å². The van der Waals surface area contributed by atoms with E-state index in [4.69, 9.17) is 4.74 Å². The van der Waals surface area contributed by atoms with Gasteiger partial charge in [0.15, 0.2) is 0 Å². The van der Waals surface area contributed by atoms with Gasteiger partial charge in [-0.2, -0.15) is 0 Å². The van der Waals surface area contributed by atoms with E-state index < -0.39 is 41.0 Å². The van der Waals surface area contributed by atoms with Gasteiger partial charge in [0.1, 0.15) is 11.6 Å². The van der Waals surface area contributed by atoms with Gasteiger partial charge in [-0.3, -0.25) is 14.4 Å². The molecule has 6 rings (SSSR count). The molecular weight excluding hydrogens is 580 g/mol. The van der Waals surface area contributed by atoms with Crippen LogP contribution in [0, 0.1) is 17.8 Å². The SMILES string of the molecule is CCN(CC)c1ccc(NC(=O)C2N([C@@H](CO)Cc3ccccc3)C(=O)[C@@H]3[C@H](C(=O)Nc4ccccc4)[C@@]4(C)OC23CC4C)cc1. The number of aliphatic hydroxyl groups excluding tert-OH is 1. The second kappa shape index (κ2) is 12.5. The Morgan fingerprint density at radius 1 is 0.935 bits per heavy atom. The second-order valence-electron chi connectivity index (χ2n) is 13.0. The van der Waals surface area contributed by atoms with Gasteiger partial charge in [0.05, 0.1) is 30.1 Å². The van der Waals surface area contributed by atoms with Crippen LogP contribution in [-0.4, -0.2) is 70.7 Å². The van der Waals surface area contributed by atoms with Gasteiger partial charge in [-0.25, -0.2) is 0 Å². The zero-order valence-electron chi connectivity index (χ0n) is 27.0. The maximum Gasteiger partial charge on any atom is 0.250 e. The van der Waals surface area contributed by atoms with E-state index in [1.807, 2.05) is 86.6 Å². The first-order chi connectivity index (χ1) is 22.2. The minimum Gasteiger partial charge on any atom is -0.394 e. The lowest BCUT2D eigenvalue weighted by Crippen LogP contribution is -2.57. The summed E-state index contributed by atoms with van der Waals surface area (Å²) in [7, 11) is 0. The fourth-order valence-corrected chi connectivity index (χ4v) is 8.20. The highest BCUT2D eigenvalue weighted by Crippen LogP contribution is 2.65. The lowest BCUT2D eigenvalue weighted by atomic mass is 9.62. The largest absolute Gasteiger partial charge is 0.394 e. The van der Waals surface area contributed by atoms with Gasteiger partial charge < -0.3 is 30.3 Å². The molecule has 3 aliphatic rings. The van der Waals surface area contributed by atoms with Crippen LogP contribution in [0.15, 0.2) is 84.9 Å². The van der Waals surface area contributed by atoms with Gasteiger partial charge in [0.2, 0.25) is 17.7 Å². The molecule has 3 aromatic rings. The second-order valence-corrected chi connectivity index (χ2v) is 13.0. The molecule has 0 aromatic heterocycles. The summed E-state index contributed by atoms with van der Waals surface area (Å²) in [6.45, 7) is 9.49. The number of hydrogen-bond donors (Lipinski definition) is 3. The number of nitrogens with zero attached hydrogens (tertiary/aromatic N) is 2. The normalized spacial score (nSPS) is 28.5. The van der Waals surface area contributed by atoms with E-state index in [0.29, 0.717) is 24.2 Å². The molecular formula is C37H44N4O5. The smallest absolute Gasteiger partial charge is 0.250 e. The molecule has 0 radical (unpaired) electrons. The van der Waals surface area contributed by atoms with E-state index in [1.54, 1.807) is 12.1 Å². The van der Waals surface area contributed by atoms with Crippen molar-refractivity contribution in [3.8, 4) is 0 Å². The summed E-state index contributed by atoms with van der Waals surface area (Å²) in [4.78, 5) is 47.0. The van der Waals surface area contributed by atoms with Gasteiger partial charge >= 0.3 is 0 Å². The maximum absolute atomic E-state index is 14.7. The summed E-state index contributed by atoms with van der Waals surface area (Å²) in [5.41, 5.74) is 1.01. The number of amides is 3. The number of fused-ring (bicyclic) bond motifs is 1. The predicted octanol–water partition coefficient (Wildman–Crippen LogP) is 4.72. The van der Waals surface area contributed by atoms with Crippen molar-refractivity contribution in [2.45, 2.75) is 63.8 Å². The molecule has 7 atom stereocenters. The van der Waals surface area contributed by atoms with E-state index in [0.717, 1.165) is 24.3 Å². The van der Waals surface area contributed by atoms with E-state index in [-0.39, 0.29) is 24.3 Å². The fourth-order valence-electron chi connectivity index (χ4n) is 8.20. The van der Waals surface area contributed by atoms with E-state index in [9.17, 15) is 19.5 Å². The van der Waals surface area contributed by atoms with Gasteiger partial charge in [-0.15, -0.1) is 0 Å². The monoisotopic (exact) mass is 624 g/mol. The van der Waals surface area contributed by atoms with Crippen LogP contribution >= 0.6 is 0 Å². The van der Waals surface area contributed by atoms with Gasteiger partial charge in [-0.1, -0.05) is 55.5 Å². The van der Waals surface area contributed by atoms with Crippen molar-refractivity contribution in [2.24, 2.45) is 17.8 Å².